The van der Waals surface area contributed by atoms with Crippen molar-refractivity contribution in [2.45, 2.75) is 32.3 Å². The molecule has 112 valence electrons. The molecule has 0 atom stereocenters. The van der Waals surface area contributed by atoms with Crippen molar-refractivity contribution < 1.29 is 19.2 Å². The van der Waals surface area contributed by atoms with Crippen molar-refractivity contribution in [3.63, 3.8) is 0 Å². The van der Waals surface area contributed by atoms with Crippen molar-refractivity contribution in [1.82, 2.24) is 0 Å². The average Bonchev–Trinajstić information content (AvgIpc) is 2.45. The molecule has 0 spiro atoms. The molecule has 7 heteroatoms. The third-order valence-corrected chi connectivity index (χ3v) is 3.39. The smallest absolute Gasteiger partial charge is 0.313 e. The molecule has 0 bridgehead atoms. The Bertz CT molecular complexity index is 490. The molecule has 0 aliphatic carbocycles. The maximum absolute atomic E-state index is 13.8. The highest BCUT2D eigenvalue weighted by atomic mass is 19.1. The lowest BCUT2D eigenvalue weighted by atomic mass is 9.97. The Kier molecular flexibility index (Phi) is 5.26. The van der Waals surface area contributed by atoms with Crippen molar-refractivity contribution in [3.05, 3.63) is 28.1 Å². The van der Waals surface area contributed by atoms with Gasteiger partial charge in [0.1, 0.15) is 0 Å². The molecule has 6 nitrogen and oxygen atoms in total. The third kappa shape index (κ3) is 3.57. The van der Waals surface area contributed by atoms with Crippen LogP contribution in [0.1, 0.15) is 26.7 Å². The van der Waals surface area contributed by atoms with E-state index in [0.717, 1.165) is 6.07 Å². The lowest BCUT2D eigenvalue weighted by Gasteiger charge is -2.26. The molecular formula is C13H19FN2O4. The Morgan fingerprint density at radius 3 is 2.50 bits per heavy atom. The first-order valence-corrected chi connectivity index (χ1v) is 6.35. The lowest BCUT2D eigenvalue weighted by Crippen LogP contribution is -2.35. The first kappa shape index (κ1) is 16.2. The molecule has 1 aromatic carbocycles. The molecule has 0 fully saturated rings. The van der Waals surface area contributed by atoms with Crippen LogP contribution in [0.15, 0.2) is 12.1 Å². The molecule has 0 saturated heterocycles. The predicted molar refractivity (Wildman–Crippen MR) is 73.6 cm³/mol. The van der Waals surface area contributed by atoms with Gasteiger partial charge in [0, 0.05) is 12.6 Å². The standard InChI is InChI=1S/C13H19FN2O4/c1-4-13(17,5-2)8-15-10-7-12(20-3)11(16(18)19)6-9(10)14/h6-7,15,17H,4-5,8H2,1-3H3. The minimum absolute atomic E-state index is 0.0320. The summed E-state index contributed by atoms with van der Waals surface area (Å²) in [5.41, 5.74) is -1.31. The normalized spacial score (nSPS) is 11.2. The number of anilines is 1. The van der Waals surface area contributed by atoms with Crippen LogP contribution in [0.4, 0.5) is 15.8 Å². The Labute approximate surface area is 116 Å². The maximum atomic E-state index is 13.8. The Balaban J connectivity index is 3.00. The van der Waals surface area contributed by atoms with Crippen LogP contribution in [0.3, 0.4) is 0 Å². The van der Waals surface area contributed by atoms with Crippen molar-refractivity contribution >= 4 is 11.4 Å². The summed E-state index contributed by atoms with van der Waals surface area (Å²) in [6.07, 6.45) is 1.03. The molecule has 0 heterocycles. The van der Waals surface area contributed by atoms with Gasteiger partial charge in [-0.05, 0) is 12.8 Å². The summed E-state index contributed by atoms with van der Waals surface area (Å²) in [5.74, 6) is -0.789. The summed E-state index contributed by atoms with van der Waals surface area (Å²) in [5, 5.41) is 23.6. The number of rotatable bonds is 7. The molecule has 0 unspecified atom stereocenters. The second kappa shape index (κ2) is 6.51. The average molecular weight is 286 g/mol. The number of hydrogen-bond donors (Lipinski definition) is 2. The zero-order chi connectivity index (χ0) is 15.3. The van der Waals surface area contributed by atoms with Gasteiger partial charge < -0.3 is 15.2 Å². The van der Waals surface area contributed by atoms with Gasteiger partial charge in [-0.3, -0.25) is 10.1 Å². The topological polar surface area (TPSA) is 84.6 Å². The number of ether oxygens (including phenoxy) is 1. The number of nitro groups is 1. The minimum Gasteiger partial charge on any atom is -0.490 e. The van der Waals surface area contributed by atoms with Crippen molar-refractivity contribution in [3.8, 4) is 5.75 Å². The maximum Gasteiger partial charge on any atom is 0.313 e. The molecule has 1 aromatic rings. The van der Waals surface area contributed by atoms with E-state index in [1.165, 1.54) is 13.2 Å². The van der Waals surface area contributed by atoms with Gasteiger partial charge in [-0.15, -0.1) is 0 Å². The number of aliphatic hydroxyl groups is 1. The molecule has 0 saturated carbocycles. The van der Waals surface area contributed by atoms with Gasteiger partial charge in [-0.1, -0.05) is 13.8 Å². The van der Waals surface area contributed by atoms with E-state index >= 15 is 0 Å². The van der Waals surface area contributed by atoms with Crippen molar-refractivity contribution in [2.75, 3.05) is 19.0 Å². The van der Waals surface area contributed by atoms with E-state index in [0.29, 0.717) is 12.8 Å². The number of methoxy groups -OCH3 is 1. The van der Waals surface area contributed by atoms with Crippen molar-refractivity contribution in [1.29, 1.82) is 0 Å². The Morgan fingerprint density at radius 2 is 2.05 bits per heavy atom. The highest BCUT2D eigenvalue weighted by Gasteiger charge is 2.24. The Hall–Kier alpha value is -1.89. The van der Waals surface area contributed by atoms with E-state index in [2.05, 4.69) is 5.32 Å². The molecule has 0 aromatic heterocycles. The van der Waals surface area contributed by atoms with Crippen LogP contribution < -0.4 is 10.1 Å². The number of benzene rings is 1. The van der Waals surface area contributed by atoms with Crippen LogP contribution in [0.5, 0.6) is 5.75 Å². The molecule has 0 radical (unpaired) electrons. The monoisotopic (exact) mass is 286 g/mol. The molecule has 20 heavy (non-hydrogen) atoms. The van der Waals surface area contributed by atoms with Crippen LogP contribution in [-0.2, 0) is 0 Å². The number of nitrogens with one attached hydrogen (secondary N) is 1. The van der Waals surface area contributed by atoms with Gasteiger partial charge in [0.05, 0.1) is 29.4 Å². The fourth-order valence-electron chi connectivity index (χ4n) is 1.74. The SMILES string of the molecule is CCC(O)(CC)CNc1cc(OC)c([N+](=O)[O-])cc1F. The largest absolute Gasteiger partial charge is 0.490 e. The van der Waals surface area contributed by atoms with Crippen LogP contribution in [0.25, 0.3) is 0 Å². The summed E-state index contributed by atoms with van der Waals surface area (Å²) in [4.78, 5) is 10.0. The lowest BCUT2D eigenvalue weighted by molar-refractivity contribution is -0.385. The number of nitrogens with zero attached hydrogens (tertiary/aromatic N) is 1. The van der Waals surface area contributed by atoms with Gasteiger partial charge in [0.2, 0.25) is 0 Å². The van der Waals surface area contributed by atoms with Gasteiger partial charge >= 0.3 is 5.69 Å². The summed E-state index contributed by atoms with van der Waals surface area (Å²) in [6.45, 7) is 3.81. The zero-order valence-corrected chi connectivity index (χ0v) is 11.8. The molecule has 2 N–H and O–H groups in total. The highest BCUT2D eigenvalue weighted by Crippen LogP contribution is 2.32. The zero-order valence-electron chi connectivity index (χ0n) is 11.8. The number of nitro benzene ring substituents is 1. The summed E-state index contributed by atoms with van der Waals surface area (Å²) < 4.78 is 18.7. The van der Waals surface area contributed by atoms with E-state index in [-0.39, 0.29) is 18.0 Å². The van der Waals surface area contributed by atoms with E-state index < -0.39 is 22.0 Å². The number of hydrogen-bond acceptors (Lipinski definition) is 5. The second-order valence-corrected chi connectivity index (χ2v) is 4.55. The van der Waals surface area contributed by atoms with Gasteiger partial charge in [0.25, 0.3) is 0 Å². The van der Waals surface area contributed by atoms with Crippen LogP contribution in [-0.4, -0.2) is 29.3 Å². The van der Waals surface area contributed by atoms with Gasteiger partial charge in [-0.25, -0.2) is 4.39 Å². The first-order valence-electron chi connectivity index (χ1n) is 6.35. The van der Waals surface area contributed by atoms with E-state index in [9.17, 15) is 19.6 Å². The Morgan fingerprint density at radius 1 is 1.45 bits per heavy atom. The summed E-state index contributed by atoms with van der Waals surface area (Å²) in [7, 11) is 1.28. The fraction of sp³-hybridized carbons (Fsp3) is 0.538. The van der Waals surface area contributed by atoms with Crippen LogP contribution >= 0.6 is 0 Å². The molecule has 1 rings (SSSR count). The van der Waals surface area contributed by atoms with E-state index in [1.54, 1.807) is 0 Å². The third-order valence-electron chi connectivity index (χ3n) is 3.39. The minimum atomic E-state index is -0.943. The molecular weight excluding hydrogens is 267 g/mol. The summed E-state index contributed by atoms with van der Waals surface area (Å²) >= 11 is 0. The quantitative estimate of drug-likeness (QED) is 0.594. The highest BCUT2D eigenvalue weighted by molar-refractivity contribution is 5.59. The van der Waals surface area contributed by atoms with Gasteiger partial charge in [-0.2, -0.15) is 0 Å². The second-order valence-electron chi connectivity index (χ2n) is 4.55. The molecule has 0 aliphatic rings. The number of halogens is 1. The van der Waals surface area contributed by atoms with Crippen LogP contribution in [0, 0.1) is 15.9 Å². The predicted octanol–water partition coefficient (Wildman–Crippen LogP) is 2.71. The van der Waals surface area contributed by atoms with Crippen molar-refractivity contribution in [2.24, 2.45) is 0 Å². The summed E-state index contributed by atoms with van der Waals surface area (Å²) in [6, 6.07) is 2.03. The first-order chi connectivity index (χ1) is 9.36. The molecule has 0 aliphatic heterocycles. The van der Waals surface area contributed by atoms with E-state index in [1.807, 2.05) is 13.8 Å². The van der Waals surface area contributed by atoms with Gasteiger partial charge in [0.15, 0.2) is 11.6 Å². The fourth-order valence-corrected chi connectivity index (χ4v) is 1.74. The van der Waals surface area contributed by atoms with E-state index in [4.69, 9.17) is 4.74 Å². The van der Waals surface area contributed by atoms with Crippen LogP contribution in [0.2, 0.25) is 0 Å². The molecule has 0 amide bonds.